The largest absolute Gasteiger partial charge is 0.506 e. The average Bonchev–Trinajstić information content (AvgIpc) is 3.11. The van der Waals surface area contributed by atoms with Crippen LogP contribution in [0.2, 0.25) is 0 Å². The van der Waals surface area contributed by atoms with Crippen molar-refractivity contribution >= 4 is 34.0 Å². The van der Waals surface area contributed by atoms with Crippen LogP contribution in [0.5, 0.6) is 5.75 Å². The van der Waals surface area contributed by atoms with E-state index in [0.717, 1.165) is 4.88 Å². The van der Waals surface area contributed by atoms with Crippen molar-refractivity contribution in [2.75, 3.05) is 0 Å². The number of aliphatic imine (C=N–C) groups is 1. The maximum Gasteiger partial charge on any atom is 0.355 e. The number of thiophene rings is 1. The number of fused-ring (bicyclic) bond motifs is 1. The summed E-state index contributed by atoms with van der Waals surface area (Å²) in [4.78, 5) is 29.9. The number of benzene rings is 1. The molecule has 4 rings (SSSR count). The van der Waals surface area contributed by atoms with Crippen LogP contribution in [0.15, 0.2) is 51.6 Å². The highest BCUT2D eigenvalue weighted by Crippen LogP contribution is 2.30. The second-order valence-corrected chi connectivity index (χ2v) is 6.99. The van der Waals surface area contributed by atoms with Gasteiger partial charge < -0.3 is 9.67 Å². The van der Waals surface area contributed by atoms with E-state index in [9.17, 15) is 14.7 Å². The second-order valence-electron chi connectivity index (χ2n) is 6.01. The Balaban J connectivity index is 1.90. The first-order valence-electron chi connectivity index (χ1n) is 8.04. The van der Waals surface area contributed by atoms with Crippen LogP contribution >= 0.6 is 11.3 Å². The average molecular weight is 368 g/mol. The van der Waals surface area contributed by atoms with E-state index in [1.165, 1.54) is 15.9 Å². The third-order valence-corrected chi connectivity index (χ3v) is 5.42. The number of aromatic hydroxyl groups is 1. The maximum atomic E-state index is 12.9. The van der Waals surface area contributed by atoms with Crippen LogP contribution in [-0.2, 0) is 7.05 Å². The number of hydrogen-bond donors (Lipinski definition) is 3. The quantitative estimate of drug-likeness (QED) is 0.647. The number of aryl methyl sites for hydroxylation is 1. The summed E-state index contributed by atoms with van der Waals surface area (Å²) >= 11 is 1.54. The predicted octanol–water partition coefficient (Wildman–Crippen LogP) is 2.45. The molecule has 1 aliphatic heterocycles. The van der Waals surface area contributed by atoms with Gasteiger partial charge in [-0.3, -0.25) is 10.2 Å². The highest BCUT2D eigenvalue weighted by Gasteiger charge is 2.26. The molecule has 0 fully saturated rings. The Hall–Kier alpha value is -2.97. The Morgan fingerprint density at radius 3 is 2.81 bits per heavy atom. The highest BCUT2D eigenvalue weighted by molar-refractivity contribution is 7.10. The number of nitrogens with zero attached hydrogens (tertiary/aromatic N) is 2. The lowest BCUT2D eigenvalue weighted by molar-refractivity contribution is 0.244. The predicted molar refractivity (Wildman–Crippen MR) is 101 cm³/mol. The summed E-state index contributed by atoms with van der Waals surface area (Å²) in [6, 6.07) is 10.1. The molecule has 7 nitrogen and oxygen atoms in total. The molecule has 2 aromatic heterocycles. The number of carbonyl (C=O) groups is 1. The van der Waals surface area contributed by atoms with E-state index in [1.807, 2.05) is 17.5 Å². The van der Waals surface area contributed by atoms with Crippen molar-refractivity contribution in [1.29, 1.82) is 0 Å². The molecule has 1 aromatic carbocycles. The lowest BCUT2D eigenvalue weighted by Gasteiger charge is -2.16. The summed E-state index contributed by atoms with van der Waals surface area (Å²) in [5.74, 6) is -0.151. The van der Waals surface area contributed by atoms with Crippen LogP contribution in [0, 0.1) is 0 Å². The van der Waals surface area contributed by atoms with Gasteiger partial charge in [-0.2, -0.15) is 4.99 Å². The number of aromatic nitrogens is 1. The van der Waals surface area contributed by atoms with E-state index in [1.54, 1.807) is 31.3 Å². The van der Waals surface area contributed by atoms with Crippen molar-refractivity contribution in [3.63, 3.8) is 0 Å². The fourth-order valence-electron chi connectivity index (χ4n) is 3.15. The molecule has 0 aliphatic carbocycles. The fourth-order valence-corrected chi connectivity index (χ4v) is 3.93. The molecule has 1 unspecified atom stereocenters. The lowest BCUT2D eigenvalue weighted by Crippen LogP contribution is -2.36. The first-order chi connectivity index (χ1) is 12.6. The van der Waals surface area contributed by atoms with Crippen LogP contribution < -0.4 is 16.4 Å². The number of nitrogens with one attached hydrogen (secondary N) is 2. The summed E-state index contributed by atoms with van der Waals surface area (Å²) in [6.07, 6.45) is 0.292. The second kappa shape index (κ2) is 6.40. The van der Waals surface area contributed by atoms with Crippen LogP contribution in [0.4, 0.5) is 4.79 Å². The van der Waals surface area contributed by atoms with E-state index in [0.29, 0.717) is 17.3 Å². The number of hydrazine groups is 1. The lowest BCUT2D eigenvalue weighted by atomic mass is 10.00. The molecule has 26 heavy (non-hydrogen) atoms. The number of para-hydroxylation sites is 1. The monoisotopic (exact) mass is 368 g/mol. The Morgan fingerprint density at radius 2 is 2.04 bits per heavy atom. The van der Waals surface area contributed by atoms with Crippen molar-refractivity contribution in [1.82, 2.24) is 15.4 Å². The molecule has 132 valence electrons. The van der Waals surface area contributed by atoms with Gasteiger partial charge in [-0.25, -0.2) is 10.2 Å². The van der Waals surface area contributed by atoms with Gasteiger partial charge in [0.05, 0.1) is 17.3 Å². The number of carbonyl (C=O) groups excluding carboxylic acids is 1. The summed E-state index contributed by atoms with van der Waals surface area (Å²) in [6.45, 7) is 0. The molecular formula is C18H16N4O3S. The Labute approximate surface area is 152 Å². The molecule has 2 amide bonds. The first kappa shape index (κ1) is 16.5. The van der Waals surface area contributed by atoms with E-state index in [2.05, 4.69) is 15.8 Å². The molecule has 0 saturated carbocycles. The van der Waals surface area contributed by atoms with Crippen LogP contribution in [0.3, 0.4) is 0 Å². The van der Waals surface area contributed by atoms with Gasteiger partial charge >= 0.3 is 6.03 Å². The minimum Gasteiger partial charge on any atom is -0.506 e. The zero-order chi connectivity index (χ0) is 18.3. The Bertz CT molecular complexity index is 1090. The normalized spacial score (nSPS) is 17.7. The zero-order valence-electron chi connectivity index (χ0n) is 13.9. The number of rotatable bonds is 2. The van der Waals surface area contributed by atoms with Gasteiger partial charge in [0.25, 0.3) is 5.56 Å². The fraction of sp³-hybridized carbons (Fsp3) is 0.167. The van der Waals surface area contributed by atoms with E-state index in [-0.39, 0.29) is 28.6 Å². The molecule has 0 bridgehead atoms. The van der Waals surface area contributed by atoms with Crippen LogP contribution in [0.1, 0.15) is 22.9 Å². The molecule has 0 saturated heterocycles. The van der Waals surface area contributed by atoms with Crippen molar-refractivity contribution in [2.24, 2.45) is 12.0 Å². The summed E-state index contributed by atoms with van der Waals surface area (Å²) < 4.78 is 1.46. The minimum atomic E-state index is -0.603. The van der Waals surface area contributed by atoms with Gasteiger partial charge in [0.1, 0.15) is 11.3 Å². The van der Waals surface area contributed by atoms with Crippen LogP contribution in [-0.4, -0.2) is 21.4 Å². The summed E-state index contributed by atoms with van der Waals surface area (Å²) in [5.41, 5.74) is 5.99. The standard InChI is InChI=1S/C18H16N4O3S/c1-22-13-6-3-2-5-10(13)16(23)15(17(22)24)12-9-11(14-7-4-8-26-14)20-21-18(25)19-12/h2-8,11,20,23H,9H2,1H3,(H,21,25). The van der Waals surface area contributed by atoms with E-state index >= 15 is 0 Å². The van der Waals surface area contributed by atoms with Gasteiger partial charge in [0.2, 0.25) is 0 Å². The molecule has 3 heterocycles. The van der Waals surface area contributed by atoms with Crippen molar-refractivity contribution in [2.45, 2.75) is 12.5 Å². The van der Waals surface area contributed by atoms with E-state index < -0.39 is 6.03 Å². The number of amides is 2. The number of urea groups is 1. The molecule has 3 N–H and O–H groups in total. The van der Waals surface area contributed by atoms with Crippen molar-refractivity contribution in [3.05, 3.63) is 62.6 Å². The zero-order valence-corrected chi connectivity index (χ0v) is 14.7. The highest BCUT2D eigenvalue weighted by atomic mass is 32.1. The summed E-state index contributed by atoms with van der Waals surface area (Å²) in [7, 11) is 1.64. The number of hydrogen-bond acceptors (Lipinski definition) is 5. The van der Waals surface area contributed by atoms with Crippen molar-refractivity contribution in [3.8, 4) is 5.75 Å². The molecule has 8 heteroatoms. The smallest absolute Gasteiger partial charge is 0.355 e. The molecular weight excluding hydrogens is 352 g/mol. The van der Waals surface area contributed by atoms with Gasteiger partial charge in [0.15, 0.2) is 0 Å². The molecule has 1 aliphatic rings. The van der Waals surface area contributed by atoms with E-state index in [4.69, 9.17) is 0 Å². The molecule has 1 atom stereocenters. The van der Waals surface area contributed by atoms with Gasteiger partial charge in [-0.05, 0) is 23.6 Å². The molecule has 3 aromatic rings. The topological polar surface area (TPSA) is 95.7 Å². The third-order valence-electron chi connectivity index (χ3n) is 4.44. The molecule has 0 spiro atoms. The third kappa shape index (κ3) is 2.69. The minimum absolute atomic E-state index is 0.0617. The Kier molecular flexibility index (Phi) is 4.06. The SMILES string of the molecule is Cn1c(=O)c(C2=NC(=O)NNC(c3cccs3)C2)c(O)c2ccccc21. The van der Waals surface area contributed by atoms with Crippen LogP contribution in [0.25, 0.3) is 10.9 Å². The Morgan fingerprint density at radius 1 is 1.23 bits per heavy atom. The van der Waals surface area contributed by atoms with Crippen molar-refractivity contribution < 1.29 is 9.90 Å². The van der Waals surface area contributed by atoms with Gasteiger partial charge in [-0.1, -0.05) is 18.2 Å². The molecule has 0 radical (unpaired) electrons. The first-order valence-corrected chi connectivity index (χ1v) is 8.91. The maximum absolute atomic E-state index is 12.9. The number of pyridine rings is 1. The summed E-state index contributed by atoms with van der Waals surface area (Å²) in [5, 5.41) is 13.2. The van der Waals surface area contributed by atoms with Gasteiger partial charge in [-0.15, -0.1) is 11.3 Å². The van der Waals surface area contributed by atoms with Gasteiger partial charge in [0, 0.05) is 23.7 Å².